The van der Waals surface area contributed by atoms with Crippen molar-refractivity contribution >= 4 is 34.1 Å². The number of fused-ring (bicyclic) bond motifs is 1. The van der Waals surface area contributed by atoms with Crippen LogP contribution in [0, 0.1) is 0 Å². The Morgan fingerprint density at radius 3 is 2.54 bits per heavy atom. The molecule has 2 nitrogen and oxygen atoms in total. The van der Waals surface area contributed by atoms with Gasteiger partial charge in [0.05, 0.1) is 10.0 Å². The predicted octanol–water partition coefficient (Wildman–Crippen LogP) is 6.77. The van der Waals surface area contributed by atoms with Crippen LogP contribution in [-0.4, -0.2) is 11.5 Å². The van der Waals surface area contributed by atoms with Crippen LogP contribution in [-0.2, 0) is 12.8 Å². The first-order valence-corrected chi connectivity index (χ1v) is 10.2. The Hall–Kier alpha value is -1.48. The van der Waals surface area contributed by atoms with Crippen LogP contribution in [0.3, 0.4) is 0 Å². The van der Waals surface area contributed by atoms with E-state index in [1.54, 1.807) is 0 Å². The average Bonchev–Trinajstić information content (AvgIpc) is 3.02. The van der Waals surface area contributed by atoms with Crippen molar-refractivity contribution in [2.45, 2.75) is 45.4 Å². The molecule has 3 N–H and O–H groups in total. The Balaban J connectivity index is 2.12. The normalized spacial score (nSPS) is 11.4. The highest BCUT2D eigenvalue weighted by Gasteiger charge is 2.16. The van der Waals surface area contributed by atoms with E-state index in [0.717, 1.165) is 43.5 Å². The number of para-hydroxylation sites is 1. The zero-order chi connectivity index (χ0) is 18.5. The van der Waals surface area contributed by atoms with Gasteiger partial charge in [0, 0.05) is 16.6 Å². The predicted molar refractivity (Wildman–Crippen MR) is 114 cm³/mol. The van der Waals surface area contributed by atoms with Crippen molar-refractivity contribution in [3.63, 3.8) is 0 Å². The second-order valence-corrected chi connectivity index (χ2v) is 7.61. The van der Waals surface area contributed by atoms with Crippen molar-refractivity contribution in [1.29, 1.82) is 0 Å². The van der Waals surface area contributed by atoms with Gasteiger partial charge in [-0.3, -0.25) is 0 Å². The maximum Gasteiger partial charge on any atom is 0.0599 e. The molecule has 138 valence electrons. The first kappa shape index (κ1) is 19.3. The third-order valence-electron chi connectivity index (χ3n) is 4.92. The SMILES string of the molecule is CCCCc1cccc2c(CCCCN)c(-c3ccc(Cl)c(Cl)c3)[nH]c12. The fourth-order valence-electron chi connectivity index (χ4n) is 3.51. The van der Waals surface area contributed by atoms with Gasteiger partial charge in [0.2, 0.25) is 0 Å². The van der Waals surface area contributed by atoms with Gasteiger partial charge < -0.3 is 10.7 Å². The van der Waals surface area contributed by atoms with Crippen molar-refractivity contribution < 1.29 is 0 Å². The lowest BCUT2D eigenvalue weighted by Crippen LogP contribution is -1.99. The first-order chi connectivity index (χ1) is 12.7. The Morgan fingerprint density at radius 1 is 0.962 bits per heavy atom. The topological polar surface area (TPSA) is 41.8 Å². The molecular weight excluding hydrogens is 363 g/mol. The monoisotopic (exact) mass is 388 g/mol. The van der Waals surface area contributed by atoms with Crippen molar-refractivity contribution in [2.75, 3.05) is 6.54 Å². The van der Waals surface area contributed by atoms with Gasteiger partial charge in [0.1, 0.15) is 0 Å². The lowest BCUT2D eigenvalue weighted by molar-refractivity contribution is 0.748. The van der Waals surface area contributed by atoms with E-state index in [2.05, 4.69) is 30.1 Å². The number of hydrogen-bond acceptors (Lipinski definition) is 1. The molecule has 1 aromatic heterocycles. The summed E-state index contributed by atoms with van der Waals surface area (Å²) in [6, 6.07) is 12.5. The molecule has 0 amide bonds. The molecular formula is C22H26Cl2N2. The molecule has 4 heteroatoms. The summed E-state index contributed by atoms with van der Waals surface area (Å²) in [6.07, 6.45) is 6.60. The molecule has 0 radical (unpaired) electrons. The average molecular weight is 389 g/mol. The maximum absolute atomic E-state index is 6.28. The minimum absolute atomic E-state index is 0.583. The van der Waals surface area contributed by atoms with Gasteiger partial charge in [-0.25, -0.2) is 0 Å². The van der Waals surface area contributed by atoms with Crippen LogP contribution in [0.15, 0.2) is 36.4 Å². The van der Waals surface area contributed by atoms with E-state index in [-0.39, 0.29) is 0 Å². The van der Waals surface area contributed by atoms with Crippen LogP contribution in [0.2, 0.25) is 10.0 Å². The van der Waals surface area contributed by atoms with Crippen LogP contribution >= 0.6 is 23.2 Å². The summed E-state index contributed by atoms with van der Waals surface area (Å²) >= 11 is 12.4. The highest BCUT2D eigenvalue weighted by Crippen LogP contribution is 2.36. The second kappa shape index (κ2) is 8.94. The van der Waals surface area contributed by atoms with E-state index in [0.29, 0.717) is 10.0 Å². The molecule has 0 aliphatic carbocycles. The highest BCUT2D eigenvalue weighted by molar-refractivity contribution is 6.42. The Morgan fingerprint density at radius 2 is 1.81 bits per heavy atom. The summed E-state index contributed by atoms with van der Waals surface area (Å²) in [7, 11) is 0. The molecule has 0 bridgehead atoms. The molecule has 0 spiro atoms. The lowest BCUT2D eigenvalue weighted by Gasteiger charge is -2.06. The number of hydrogen-bond donors (Lipinski definition) is 2. The number of benzene rings is 2. The fraction of sp³-hybridized carbons (Fsp3) is 0.364. The van der Waals surface area contributed by atoms with Crippen LogP contribution in [0.4, 0.5) is 0 Å². The van der Waals surface area contributed by atoms with Gasteiger partial charge in [-0.1, -0.05) is 60.8 Å². The summed E-state index contributed by atoms with van der Waals surface area (Å²) in [5.74, 6) is 0. The van der Waals surface area contributed by atoms with E-state index in [4.69, 9.17) is 28.9 Å². The van der Waals surface area contributed by atoms with Gasteiger partial charge >= 0.3 is 0 Å². The summed E-state index contributed by atoms with van der Waals surface area (Å²) in [4.78, 5) is 3.70. The number of unbranched alkanes of at least 4 members (excludes halogenated alkanes) is 2. The highest BCUT2D eigenvalue weighted by atomic mass is 35.5. The summed E-state index contributed by atoms with van der Waals surface area (Å²) < 4.78 is 0. The number of nitrogens with two attached hydrogens (primary N) is 1. The number of halogens is 2. The number of rotatable bonds is 8. The van der Waals surface area contributed by atoms with E-state index in [1.165, 1.54) is 34.9 Å². The molecule has 0 saturated carbocycles. The minimum atomic E-state index is 0.583. The third kappa shape index (κ3) is 4.09. The van der Waals surface area contributed by atoms with Gasteiger partial charge in [0.15, 0.2) is 0 Å². The molecule has 0 unspecified atom stereocenters. The summed E-state index contributed by atoms with van der Waals surface area (Å²) in [5, 5.41) is 2.48. The molecule has 0 aliphatic heterocycles. The molecule has 3 rings (SSSR count). The Labute approximate surface area is 165 Å². The smallest absolute Gasteiger partial charge is 0.0599 e. The Bertz CT molecular complexity index is 883. The molecule has 0 atom stereocenters. The molecule has 0 saturated heterocycles. The summed E-state index contributed by atoms with van der Waals surface area (Å²) in [6.45, 7) is 2.96. The quantitative estimate of drug-likeness (QED) is 0.410. The zero-order valence-corrected chi connectivity index (χ0v) is 16.8. The van der Waals surface area contributed by atoms with Gasteiger partial charge in [-0.05, 0) is 67.5 Å². The van der Waals surface area contributed by atoms with E-state index >= 15 is 0 Å². The first-order valence-electron chi connectivity index (χ1n) is 9.43. The van der Waals surface area contributed by atoms with Gasteiger partial charge in [0.25, 0.3) is 0 Å². The molecule has 2 aromatic carbocycles. The van der Waals surface area contributed by atoms with Crippen LogP contribution in [0.25, 0.3) is 22.2 Å². The number of H-pyrrole nitrogens is 1. The standard InChI is InChI=1S/C22H26Cl2N2/c1-2-3-7-15-8-6-10-18-17(9-4-5-13-25)22(26-21(15)18)16-11-12-19(23)20(24)14-16/h6,8,10-12,14,26H,2-5,7,9,13,25H2,1H3. The van der Waals surface area contributed by atoms with Gasteiger partial charge in [-0.15, -0.1) is 0 Å². The zero-order valence-electron chi connectivity index (χ0n) is 15.2. The molecule has 1 heterocycles. The second-order valence-electron chi connectivity index (χ2n) is 6.80. The maximum atomic E-state index is 6.28. The van der Waals surface area contributed by atoms with Gasteiger partial charge in [-0.2, -0.15) is 0 Å². The molecule has 3 aromatic rings. The van der Waals surface area contributed by atoms with Crippen molar-refractivity contribution in [1.82, 2.24) is 4.98 Å². The third-order valence-corrected chi connectivity index (χ3v) is 5.66. The Kier molecular flexibility index (Phi) is 6.63. The lowest BCUT2D eigenvalue weighted by atomic mass is 9.98. The van der Waals surface area contributed by atoms with Crippen molar-refractivity contribution in [3.05, 3.63) is 57.6 Å². The van der Waals surface area contributed by atoms with E-state index < -0.39 is 0 Å². The molecule has 0 aliphatic rings. The van der Waals surface area contributed by atoms with E-state index in [1.807, 2.05) is 18.2 Å². The van der Waals surface area contributed by atoms with Crippen molar-refractivity contribution in [2.24, 2.45) is 5.73 Å². The number of aromatic amines is 1. The molecule has 26 heavy (non-hydrogen) atoms. The van der Waals surface area contributed by atoms with Crippen LogP contribution in [0.1, 0.15) is 43.7 Å². The molecule has 0 fully saturated rings. The minimum Gasteiger partial charge on any atom is -0.354 e. The number of nitrogens with one attached hydrogen (secondary N) is 1. The number of aromatic nitrogens is 1. The fourth-order valence-corrected chi connectivity index (χ4v) is 3.81. The van der Waals surface area contributed by atoms with Crippen molar-refractivity contribution in [3.8, 4) is 11.3 Å². The van der Waals surface area contributed by atoms with Crippen LogP contribution < -0.4 is 5.73 Å². The summed E-state index contributed by atoms with van der Waals surface area (Å²) in [5.41, 5.74) is 11.9. The largest absolute Gasteiger partial charge is 0.354 e. The van der Waals surface area contributed by atoms with E-state index in [9.17, 15) is 0 Å². The number of aryl methyl sites for hydroxylation is 2. The van der Waals surface area contributed by atoms with Crippen LogP contribution in [0.5, 0.6) is 0 Å².